The van der Waals surface area contributed by atoms with Crippen LogP contribution in [0, 0.1) is 0 Å². The number of para-hydroxylation sites is 1. The first-order valence-corrected chi connectivity index (χ1v) is 11.1. The molecule has 0 radical (unpaired) electrons. The third kappa shape index (κ3) is 4.36. The molecule has 4 rings (SSSR count). The van der Waals surface area contributed by atoms with Gasteiger partial charge in [0.05, 0.1) is 12.9 Å². The molecule has 0 amide bonds. The van der Waals surface area contributed by atoms with E-state index in [1.807, 2.05) is 0 Å². The molecule has 14 heteroatoms. The van der Waals surface area contributed by atoms with Crippen LogP contribution in [0.15, 0.2) is 36.7 Å². The van der Waals surface area contributed by atoms with Gasteiger partial charge >= 0.3 is 8.25 Å². The smallest absolute Gasteiger partial charge is 0.368 e. The van der Waals surface area contributed by atoms with E-state index in [4.69, 9.17) is 24.3 Å². The summed E-state index contributed by atoms with van der Waals surface area (Å²) in [5.41, 5.74) is 3.53. The van der Waals surface area contributed by atoms with Gasteiger partial charge in [-0.1, -0.05) is 18.2 Å². The van der Waals surface area contributed by atoms with Gasteiger partial charge in [-0.05, 0) is 26.0 Å². The maximum Gasteiger partial charge on any atom is 0.368 e. The van der Waals surface area contributed by atoms with Gasteiger partial charge < -0.3 is 24.8 Å². The number of nitrogens with zero attached hydrogens (tertiary/aromatic N) is 4. The van der Waals surface area contributed by atoms with E-state index < -0.39 is 38.7 Å². The van der Waals surface area contributed by atoms with E-state index in [0.717, 1.165) is 11.5 Å². The van der Waals surface area contributed by atoms with Crippen molar-refractivity contribution in [1.82, 2.24) is 19.5 Å². The van der Waals surface area contributed by atoms with E-state index in [0.29, 0.717) is 0 Å². The van der Waals surface area contributed by atoms with Gasteiger partial charge in [-0.3, -0.25) is 9.09 Å². The van der Waals surface area contributed by atoms with Crippen LogP contribution < -0.4 is 15.0 Å². The van der Waals surface area contributed by atoms with Crippen molar-refractivity contribution < 1.29 is 37.0 Å². The minimum absolute atomic E-state index is 0.0366. The highest BCUT2D eigenvalue weighted by molar-refractivity contribution is 7.33. The molecular weight excluding hydrogens is 463 g/mol. The van der Waals surface area contributed by atoms with Gasteiger partial charge in [-0.15, -0.1) is 0 Å². The molecule has 1 fully saturated rings. The number of ether oxygens (including phenoxy) is 2. The second kappa shape index (κ2) is 8.82. The number of hydrogen-bond acceptors (Lipinski definition) is 10. The second-order valence-corrected chi connectivity index (χ2v) is 8.44. The summed E-state index contributed by atoms with van der Waals surface area (Å²) in [6.45, 7) is 1.94. The van der Waals surface area contributed by atoms with E-state index in [2.05, 4.69) is 15.0 Å². The van der Waals surface area contributed by atoms with Crippen molar-refractivity contribution in [3.63, 3.8) is 0 Å². The Morgan fingerprint density at radius 3 is 2.76 bits per heavy atom. The highest BCUT2D eigenvalue weighted by Crippen LogP contribution is 2.49. The van der Waals surface area contributed by atoms with E-state index >= 15 is 8.78 Å². The summed E-state index contributed by atoms with van der Waals surface area (Å²) >= 11 is 0. The number of rotatable bonds is 8. The summed E-state index contributed by atoms with van der Waals surface area (Å²) in [7, 11) is -3.24. The maximum absolute atomic E-state index is 15.4. The van der Waals surface area contributed by atoms with Crippen LogP contribution >= 0.6 is 8.25 Å². The zero-order chi connectivity index (χ0) is 23.8. The third-order valence-corrected chi connectivity index (χ3v) is 5.75. The van der Waals surface area contributed by atoms with Crippen molar-refractivity contribution in [2.45, 2.75) is 37.7 Å². The number of hydrogen-bond donors (Lipinski definition) is 2. The lowest BCUT2D eigenvalue weighted by Gasteiger charge is -2.26. The Morgan fingerprint density at radius 1 is 1.33 bits per heavy atom. The van der Waals surface area contributed by atoms with E-state index in [9.17, 15) is 9.67 Å². The Balaban J connectivity index is 1.57. The first-order valence-electron chi connectivity index (χ1n) is 9.91. The molecule has 33 heavy (non-hydrogen) atoms. The van der Waals surface area contributed by atoms with E-state index in [-0.39, 0.29) is 35.3 Å². The molecule has 1 saturated heterocycles. The van der Waals surface area contributed by atoms with Crippen LogP contribution in [0.25, 0.3) is 11.2 Å². The largest absolute Gasteiger partial charge is 0.476 e. The van der Waals surface area contributed by atoms with Crippen molar-refractivity contribution in [2.75, 3.05) is 18.9 Å². The first kappa shape index (κ1) is 23.3. The Bertz CT molecular complexity index is 1170. The van der Waals surface area contributed by atoms with Crippen LogP contribution in [-0.2, 0) is 13.8 Å². The molecule has 1 aromatic carbocycles. The molecule has 1 aliphatic heterocycles. The SMILES string of the molecule is CCOc1nc(N)nc2c1ncn2[C@@H]1O[C@](F)(CO[PH](=O)Oc2ccccc2)[C@@H](F)[C@@]1(C)O. The Labute approximate surface area is 187 Å². The summed E-state index contributed by atoms with van der Waals surface area (Å²) in [6, 6.07) is 8.05. The van der Waals surface area contributed by atoms with Crippen LogP contribution in [0.3, 0.4) is 0 Å². The van der Waals surface area contributed by atoms with Gasteiger partial charge in [0.1, 0.15) is 18.0 Å². The van der Waals surface area contributed by atoms with Crippen LogP contribution in [0.5, 0.6) is 11.6 Å². The third-order valence-electron chi connectivity index (χ3n) is 4.97. The summed E-state index contributed by atoms with van der Waals surface area (Å²) in [5, 5.41) is 10.8. The average molecular weight is 485 g/mol. The number of nitrogens with two attached hydrogens (primary N) is 1. The fourth-order valence-corrected chi connectivity index (χ4v) is 4.16. The molecule has 3 N–H and O–H groups in total. The minimum Gasteiger partial charge on any atom is -0.476 e. The van der Waals surface area contributed by atoms with E-state index in [1.165, 1.54) is 18.5 Å². The lowest BCUT2D eigenvalue weighted by molar-refractivity contribution is -0.191. The molecule has 0 saturated carbocycles. The van der Waals surface area contributed by atoms with Crippen LogP contribution in [0.1, 0.15) is 20.1 Å². The first-order chi connectivity index (χ1) is 15.7. The number of benzene rings is 1. The number of imidazole rings is 1. The number of aromatic nitrogens is 4. The molecule has 1 aliphatic rings. The molecule has 1 unspecified atom stereocenters. The molecule has 5 atom stereocenters. The van der Waals surface area contributed by atoms with Gasteiger partial charge in [-0.2, -0.15) is 9.97 Å². The lowest BCUT2D eigenvalue weighted by atomic mass is 9.97. The predicted molar refractivity (Wildman–Crippen MR) is 112 cm³/mol. The minimum atomic E-state index is -3.24. The fraction of sp³-hybridized carbons (Fsp3) is 0.421. The van der Waals surface area contributed by atoms with Gasteiger partial charge in [-0.25, -0.2) is 18.3 Å². The van der Waals surface area contributed by atoms with Gasteiger partial charge in [0.25, 0.3) is 5.85 Å². The zero-order valence-corrected chi connectivity index (χ0v) is 18.6. The van der Waals surface area contributed by atoms with Gasteiger partial charge in [0.2, 0.25) is 11.8 Å². The number of nitrogen functional groups attached to an aromatic ring is 1. The van der Waals surface area contributed by atoms with Crippen LogP contribution in [0.2, 0.25) is 0 Å². The number of anilines is 1. The standard InChI is InChI=1S/C19H22F2N5O6P/c1-3-29-14-12-13(24-17(22)25-14)26(10-23-12)16-18(2,27)15(20)19(21,31-16)9-30-33(28)32-11-7-5-4-6-8-11/h4-8,10,15-16,27,33H,3,9H2,1-2H3,(H2,22,24,25)/t15-,16+,18+,19+/m0/s1. The van der Waals surface area contributed by atoms with Crippen LogP contribution in [0.4, 0.5) is 14.7 Å². The summed E-state index contributed by atoms with van der Waals surface area (Å²) in [4.78, 5) is 12.1. The molecule has 3 aromatic rings. The van der Waals surface area contributed by atoms with Crippen molar-refractivity contribution in [1.29, 1.82) is 0 Å². The van der Waals surface area contributed by atoms with Crippen LogP contribution in [-0.4, -0.2) is 55.5 Å². The number of alkyl halides is 2. The number of halogens is 2. The topological polar surface area (TPSA) is 144 Å². The molecule has 0 aliphatic carbocycles. The predicted octanol–water partition coefficient (Wildman–Crippen LogP) is 2.58. The molecule has 2 aromatic heterocycles. The lowest BCUT2D eigenvalue weighted by Crippen LogP contribution is -2.46. The second-order valence-electron chi connectivity index (χ2n) is 7.44. The molecule has 3 heterocycles. The summed E-state index contributed by atoms with van der Waals surface area (Å²) in [5.74, 6) is -3.02. The van der Waals surface area contributed by atoms with E-state index in [1.54, 1.807) is 25.1 Å². The highest BCUT2D eigenvalue weighted by atomic mass is 31.1. The summed E-state index contributed by atoms with van der Waals surface area (Å²) in [6.07, 6.45) is -3.03. The van der Waals surface area contributed by atoms with Crippen molar-refractivity contribution in [3.8, 4) is 11.6 Å². The van der Waals surface area contributed by atoms with Gasteiger partial charge in [0, 0.05) is 0 Å². The molecule has 0 spiro atoms. The molecule has 0 bridgehead atoms. The summed E-state index contributed by atoms with van der Waals surface area (Å²) < 4.78 is 64.3. The average Bonchev–Trinajstić information content (AvgIpc) is 3.26. The normalized spacial score (nSPS) is 28.2. The van der Waals surface area contributed by atoms with Gasteiger partial charge in [0.15, 0.2) is 23.6 Å². The Hall–Kier alpha value is -2.86. The Morgan fingerprint density at radius 2 is 2.06 bits per heavy atom. The zero-order valence-electron chi connectivity index (χ0n) is 17.6. The molecule has 11 nitrogen and oxygen atoms in total. The highest BCUT2D eigenvalue weighted by Gasteiger charge is 2.64. The molecule has 178 valence electrons. The van der Waals surface area contributed by atoms with Crippen molar-refractivity contribution in [3.05, 3.63) is 36.7 Å². The van der Waals surface area contributed by atoms with Crippen molar-refractivity contribution in [2.24, 2.45) is 0 Å². The quantitative estimate of drug-likeness (QED) is 0.457. The Kier molecular flexibility index (Phi) is 6.23. The number of aliphatic hydroxyl groups is 1. The van der Waals surface area contributed by atoms with Crippen molar-refractivity contribution >= 4 is 25.4 Å². The monoisotopic (exact) mass is 485 g/mol. The molecular formula is C19H22F2N5O6P. The maximum atomic E-state index is 15.4. The fourth-order valence-electron chi connectivity index (χ4n) is 3.46. The number of fused-ring (bicyclic) bond motifs is 1.